The van der Waals surface area contributed by atoms with E-state index in [0.717, 1.165) is 0 Å². The van der Waals surface area contributed by atoms with Crippen molar-refractivity contribution in [3.05, 3.63) is 23.8 Å². The van der Waals surface area contributed by atoms with Crippen molar-refractivity contribution in [3.63, 3.8) is 0 Å². The highest BCUT2D eigenvalue weighted by atomic mass is 16.7. The van der Waals surface area contributed by atoms with Crippen molar-refractivity contribution in [2.75, 3.05) is 6.79 Å². The fourth-order valence-electron chi connectivity index (χ4n) is 1.21. The van der Waals surface area contributed by atoms with Gasteiger partial charge in [0.1, 0.15) is 0 Å². The van der Waals surface area contributed by atoms with E-state index < -0.39 is 0 Å². The van der Waals surface area contributed by atoms with Crippen molar-refractivity contribution in [3.8, 4) is 11.5 Å². The molecule has 0 N–H and O–H groups in total. The van der Waals surface area contributed by atoms with Gasteiger partial charge in [-0.2, -0.15) is 0 Å². The molecule has 2 rings (SSSR count). The minimum absolute atomic E-state index is 0.00245. The molecule has 0 radical (unpaired) electrons. The van der Waals surface area contributed by atoms with E-state index in [9.17, 15) is 4.79 Å². The van der Waals surface area contributed by atoms with E-state index in [-0.39, 0.29) is 12.6 Å². The summed E-state index contributed by atoms with van der Waals surface area (Å²) in [5, 5.41) is 0. The van der Waals surface area contributed by atoms with Crippen molar-refractivity contribution >= 4 is 5.78 Å². The molecule has 0 saturated carbocycles. The number of ketones is 1. The van der Waals surface area contributed by atoms with Gasteiger partial charge in [-0.05, 0) is 19.1 Å². The molecule has 1 aromatic rings. The van der Waals surface area contributed by atoms with Crippen molar-refractivity contribution in [1.29, 1.82) is 0 Å². The maximum Gasteiger partial charge on any atom is 0.231 e. The zero-order valence-electron chi connectivity index (χ0n) is 8.66. The van der Waals surface area contributed by atoms with Gasteiger partial charge in [0.15, 0.2) is 17.3 Å². The molecular formula is C11H14O3. The van der Waals surface area contributed by atoms with Crippen LogP contribution in [0.2, 0.25) is 0 Å². The highest BCUT2D eigenvalue weighted by molar-refractivity contribution is 5.97. The van der Waals surface area contributed by atoms with E-state index >= 15 is 0 Å². The maximum absolute atomic E-state index is 11.1. The second-order valence-corrected chi connectivity index (χ2v) is 2.60. The van der Waals surface area contributed by atoms with E-state index in [1.165, 1.54) is 6.92 Å². The highest BCUT2D eigenvalue weighted by Crippen LogP contribution is 2.35. The molecule has 0 spiro atoms. The van der Waals surface area contributed by atoms with Gasteiger partial charge in [0.2, 0.25) is 6.79 Å². The third-order valence-corrected chi connectivity index (χ3v) is 1.78. The molecule has 0 bridgehead atoms. The number of hydrogen-bond acceptors (Lipinski definition) is 3. The van der Waals surface area contributed by atoms with Gasteiger partial charge in [-0.25, -0.2) is 0 Å². The lowest BCUT2D eigenvalue weighted by Gasteiger charge is -1.99. The van der Waals surface area contributed by atoms with Crippen LogP contribution >= 0.6 is 0 Å². The Kier molecular flexibility index (Phi) is 3.51. The first-order valence-corrected chi connectivity index (χ1v) is 4.68. The molecule has 0 saturated heterocycles. The quantitative estimate of drug-likeness (QED) is 0.645. The smallest absolute Gasteiger partial charge is 0.231 e. The molecule has 76 valence electrons. The van der Waals surface area contributed by atoms with E-state index in [0.29, 0.717) is 17.1 Å². The molecule has 1 aromatic carbocycles. The standard InChI is InChI=1S/C9H8O3.C2H6/c1-6(10)7-3-2-4-8-9(7)12-5-11-8;1-2/h2-4H,5H2,1H3;1-2H3. The highest BCUT2D eigenvalue weighted by Gasteiger charge is 2.18. The van der Waals surface area contributed by atoms with Crippen LogP contribution in [0.4, 0.5) is 0 Å². The number of benzene rings is 1. The Labute approximate surface area is 83.6 Å². The van der Waals surface area contributed by atoms with Gasteiger partial charge in [-0.1, -0.05) is 19.9 Å². The van der Waals surface area contributed by atoms with Crippen LogP contribution in [0, 0.1) is 0 Å². The second-order valence-electron chi connectivity index (χ2n) is 2.60. The Morgan fingerprint density at radius 1 is 1.29 bits per heavy atom. The van der Waals surface area contributed by atoms with Gasteiger partial charge >= 0.3 is 0 Å². The summed E-state index contributed by atoms with van der Waals surface area (Å²) < 4.78 is 10.3. The average molecular weight is 194 g/mol. The third-order valence-electron chi connectivity index (χ3n) is 1.78. The van der Waals surface area contributed by atoms with Gasteiger partial charge in [-0.15, -0.1) is 0 Å². The largest absolute Gasteiger partial charge is 0.454 e. The molecule has 3 nitrogen and oxygen atoms in total. The summed E-state index contributed by atoms with van der Waals surface area (Å²) in [7, 11) is 0. The van der Waals surface area contributed by atoms with Crippen LogP contribution in [0.25, 0.3) is 0 Å². The Hall–Kier alpha value is -1.51. The number of carbonyl (C=O) groups excluding carboxylic acids is 1. The van der Waals surface area contributed by atoms with E-state index in [1.54, 1.807) is 18.2 Å². The van der Waals surface area contributed by atoms with Crippen LogP contribution in [-0.4, -0.2) is 12.6 Å². The summed E-state index contributed by atoms with van der Waals surface area (Å²) in [4.78, 5) is 11.1. The molecular weight excluding hydrogens is 180 g/mol. The third kappa shape index (κ3) is 1.87. The first kappa shape index (κ1) is 10.6. The second kappa shape index (κ2) is 4.65. The molecule has 14 heavy (non-hydrogen) atoms. The number of ether oxygens (including phenoxy) is 2. The van der Waals surface area contributed by atoms with Crippen LogP contribution < -0.4 is 9.47 Å². The molecule has 3 heteroatoms. The lowest BCUT2D eigenvalue weighted by atomic mass is 10.1. The van der Waals surface area contributed by atoms with Crippen LogP contribution in [-0.2, 0) is 0 Å². The predicted molar refractivity (Wildman–Crippen MR) is 53.9 cm³/mol. The molecule has 1 heterocycles. The summed E-state index contributed by atoms with van der Waals surface area (Å²) in [6, 6.07) is 5.30. The van der Waals surface area contributed by atoms with E-state index in [2.05, 4.69) is 0 Å². The number of fused-ring (bicyclic) bond motifs is 1. The Bertz CT molecular complexity index is 331. The van der Waals surface area contributed by atoms with Crippen LogP contribution in [0.15, 0.2) is 18.2 Å². The number of para-hydroxylation sites is 1. The minimum Gasteiger partial charge on any atom is -0.454 e. The molecule has 1 aliphatic rings. The normalized spacial score (nSPS) is 11.6. The van der Waals surface area contributed by atoms with Gasteiger partial charge in [-0.3, -0.25) is 4.79 Å². The van der Waals surface area contributed by atoms with Crippen LogP contribution in [0.3, 0.4) is 0 Å². The molecule has 0 aliphatic carbocycles. The van der Waals surface area contributed by atoms with Crippen LogP contribution in [0.1, 0.15) is 31.1 Å². The zero-order valence-corrected chi connectivity index (χ0v) is 8.66. The van der Waals surface area contributed by atoms with Gasteiger partial charge < -0.3 is 9.47 Å². The first-order valence-electron chi connectivity index (χ1n) is 4.68. The number of carbonyl (C=O) groups is 1. The lowest BCUT2D eigenvalue weighted by Crippen LogP contribution is -1.96. The van der Waals surface area contributed by atoms with Crippen LogP contribution in [0.5, 0.6) is 11.5 Å². The SMILES string of the molecule is CC.CC(=O)c1cccc2c1OCO2. The molecule has 1 aliphatic heterocycles. The summed E-state index contributed by atoms with van der Waals surface area (Å²) in [5.41, 5.74) is 0.588. The van der Waals surface area contributed by atoms with Gasteiger partial charge in [0.05, 0.1) is 5.56 Å². The number of Topliss-reactive ketones (excluding diaryl/α,β-unsaturated/α-hetero) is 1. The Morgan fingerprint density at radius 3 is 2.64 bits per heavy atom. The monoisotopic (exact) mass is 194 g/mol. The van der Waals surface area contributed by atoms with Gasteiger partial charge in [0, 0.05) is 0 Å². The first-order chi connectivity index (χ1) is 6.79. The summed E-state index contributed by atoms with van der Waals surface area (Å²) >= 11 is 0. The summed E-state index contributed by atoms with van der Waals surface area (Å²) in [6.07, 6.45) is 0. The molecule has 0 fully saturated rings. The number of rotatable bonds is 1. The topological polar surface area (TPSA) is 35.5 Å². The van der Waals surface area contributed by atoms with E-state index in [1.807, 2.05) is 13.8 Å². The molecule has 0 unspecified atom stereocenters. The van der Waals surface area contributed by atoms with Crippen molar-refractivity contribution in [1.82, 2.24) is 0 Å². The summed E-state index contributed by atoms with van der Waals surface area (Å²) in [6.45, 7) is 5.72. The molecule has 0 amide bonds. The maximum atomic E-state index is 11.1. The van der Waals surface area contributed by atoms with Crippen molar-refractivity contribution in [2.45, 2.75) is 20.8 Å². The molecule has 0 aromatic heterocycles. The average Bonchev–Trinajstić information content (AvgIpc) is 2.67. The van der Waals surface area contributed by atoms with Gasteiger partial charge in [0.25, 0.3) is 0 Å². The lowest BCUT2D eigenvalue weighted by molar-refractivity contribution is 0.101. The summed E-state index contributed by atoms with van der Waals surface area (Å²) in [5.74, 6) is 1.23. The minimum atomic E-state index is -0.00245. The van der Waals surface area contributed by atoms with Crippen molar-refractivity contribution < 1.29 is 14.3 Å². The Balaban J connectivity index is 0.000000461. The zero-order chi connectivity index (χ0) is 10.6. The fourth-order valence-corrected chi connectivity index (χ4v) is 1.21. The van der Waals surface area contributed by atoms with Crippen molar-refractivity contribution in [2.24, 2.45) is 0 Å². The fraction of sp³-hybridized carbons (Fsp3) is 0.364. The predicted octanol–water partition coefficient (Wildman–Crippen LogP) is 2.64. The number of hydrogen-bond donors (Lipinski definition) is 0. The Morgan fingerprint density at radius 2 is 2.00 bits per heavy atom. The van der Waals surface area contributed by atoms with E-state index in [4.69, 9.17) is 9.47 Å². The molecule has 0 atom stereocenters.